The monoisotopic (exact) mass is 207 g/mol. The van der Waals surface area contributed by atoms with Crippen LogP contribution in [0.3, 0.4) is 0 Å². The first-order valence-corrected chi connectivity index (χ1v) is 5.29. The minimum absolute atomic E-state index is 0.679. The molecule has 1 aromatic heterocycles. The summed E-state index contributed by atoms with van der Waals surface area (Å²) in [7, 11) is 0. The van der Waals surface area contributed by atoms with Gasteiger partial charge in [-0.2, -0.15) is 0 Å². The molecule has 2 rings (SSSR count). The summed E-state index contributed by atoms with van der Waals surface area (Å²) in [4.78, 5) is 0. The summed E-state index contributed by atoms with van der Waals surface area (Å²) >= 11 is 5.66. The minimum atomic E-state index is 0.679. The van der Waals surface area contributed by atoms with Gasteiger partial charge in [0.15, 0.2) is 0 Å². The van der Waals surface area contributed by atoms with E-state index in [-0.39, 0.29) is 0 Å². The zero-order chi connectivity index (χ0) is 9.80. The summed E-state index contributed by atoms with van der Waals surface area (Å²) in [5, 5.41) is 2.42. The van der Waals surface area contributed by atoms with Gasteiger partial charge in [0.05, 0.1) is 11.8 Å². The first-order chi connectivity index (χ1) is 6.92. The highest BCUT2D eigenvalue weighted by molar-refractivity contribution is 6.17. The van der Waals surface area contributed by atoms with Crippen molar-refractivity contribution >= 4 is 22.4 Å². The predicted molar refractivity (Wildman–Crippen MR) is 59.7 cm³/mol. The molecule has 14 heavy (non-hydrogen) atoms. The molecular formula is C12H12ClO+. The molecule has 0 N–H and O–H groups in total. The second-order valence-electron chi connectivity index (χ2n) is 3.22. The molecule has 1 nitrogen and oxygen atoms in total. The van der Waals surface area contributed by atoms with Crippen molar-refractivity contribution in [3.63, 3.8) is 0 Å². The fraction of sp³-hybridized carbons (Fsp3) is 0.250. The zero-order valence-electron chi connectivity index (χ0n) is 7.87. The Labute approximate surface area is 88.3 Å². The number of benzene rings is 1. The highest BCUT2D eigenvalue weighted by Gasteiger charge is 2.11. The Morgan fingerprint density at radius 1 is 1.14 bits per heavy atom. The molecule has 0 fully saturated rings. The van der Waals surface area contributed by atoms with Gasteiger partial charge in [0.1, 0.15) is 0 Å². The second kappa shape index (κ2) is 4.43. The van der Waals surface area contributed by atoms with E-state index in [1.54, 1.807) is 6.26 Å². The van der Waals surface area contributed by atoms with Crippen LogP contribution < -0.4 is 0 Å². The van der Waals surface area contributed by atoms with Crippen molar-refractivity contribution in [1.29, 1.82) is 0 Å². The first-order valence-electron chi connectivity index (χ1n) is 4.76. The van der Waals surface area contributed by atoms with Crippen LogP contribution in [-0.2, 0) is 6.42 Å². The Hall–Kier alpha value is -1.08. The third kappa shape index (κ3) is 1.88. The van der Waals surface area contributed by atoms with Crippen LogP contribution >= 0.6 is 11.6 Å². The summed E-state index contributed by atoms with van der Waals surface area (Å²) in [5.41, 5.74) is 0. The van der Waals surface area contributed by atoms with Crippen molar-refractivity contribution in [2.45, 2.75) is 12.8 Å². The number of halogens is 1. The van der Waals surface area contributed by atoms with Gasteiger partial charge in [0, 0.05) is 11.9 Å². The van der Waals surface area contributed by atoms with Gasteiger partial charge in [-0.15, -0.1) is 11.6 Å². The summed E-state index contributed by atoms with van der Waals surface area (Å²) in [6, 6.07) is 10.2. The molecule has 2 heteroatoms. The molecular weight excluding hydrogens is 196 g/mol. The average molecular weight is 208 g/mol. The van der Waals surface area contributed by atoms with Crippen molar-refractivity contribution in [2.75, 3.05) is 5.88 Å². The van der Waals surface area contributed by atoms with E-state index in [0.717, 1.165) is 18.6 Å². The zero-order valence-corrected chi connectivity index (χ0v) is 8.63. The molecule has 0 radical (unpaired) electrons. The maximum absolute atomic E-state index is 5.66. The number of fused-ring (bicyclic) bond motifs is 1. The Morgan fingerprint density at radius 3 is 2.86 bits per heavy atom. The smallest absolute Gasteiger partial charge is 0.220 e. The SMILES string of the molecule is ClCCCc1[o+]ccc2ccccc12. The van der Waals surface area contributed by atoms with Gasteiger partial charge in [0.25, 0.3) is 0 Å². The third-order valence-corrected chi connectivity index (χ3v) is 2.52. The molecule has 0 atom stereocenters. The Balaban J connectivity index is 2.43. The number of rotatable bonds is 3. The van der Waals surface area contributed by atoms with E-state index in [4.69, 9.17) is 16.0 Å². The predicted octanol–water partition coefficient (Wildman–Crippen LogP) is 3.89. The van der Waals surface area contributed by atoms with Crippen LogP contribution in [0.5, 0.6) is 0 Å². The molecule has 0 spiro atoms. The van der Waals surface area contributed by atoms with Crippen LogP contribution in [0.15, 0.2) is 41.0 Å². The van der Waals surface area contributed by atoms with Crippen LogP contribution in [0.4, 0.5) is 0 Å². The van der Waals surface area contributed by atoms with Crippen molar-refractivity contribution in [3.05, 3.63) is 42.4 Å². The summed E-state index contributed by atoms with van der Waals surface area (Å²) < 4.78 is 5.48. The van der Waals surface area contributed by atoms with Gasteiger partial charge in [0.2, 0.25) is 0 Å². The Morgan fingerprint density at radius 2 is 2.00 bits per heavy atom. The second-order valence-corrected chi connectivity index (χ2v) is 3.60. The van der Waals surface area contributed by atoms with Crippen molar-refractivity contribution in [2.24, 2.45) is 0 Å². The lowest BCUT2D eigenvalue weighted by Gasteiger charge is -1.94. The molecule has 1 aromatic carbocycles. The van der Waals surface area contributed by atoms with Gasteiger partial charge in [-0.25, -0.2) is 4.42 Å². The number of hydrogen-bond donors (Lipinski definition) is 0. The van der Waals surface area contributed by atoms with Crippen molar-refractivity contribution in [3.8, 4) is 0 Å². The van der Waals surface area contributed by atoms with E-state index >= 15 is 0 Å². The van der Waals surface area contributed by atoms with E-state index in [1.807, 2.05) is 18.2 Å². The lowest BCUT2D eigenvalue weighted by Crippen LogP contribution is -1.87. The van der Waals surface area contributed by atoms with Crippen molar-refractivity contribution in [1.82, 2.24) is 0 Å². The first kappa shape index (κ1) is 9.47. The van der Waals surface area contributed by atoms with Crippen LogP contribution in [0.2, 0.25) is 0 Å². The molecule has 72 valence electrons. The van der Waals surface area contributed by atoms with E-state index < -0.39 is 0 Å². The molecule has 0 amide bonds. The molecule has 0 saturated carbocycles. The van der Waals surface area contributed by atoms with Gasteiger partial charge >= 0.3 is 12.0 Å². The van der Waals surface area contributed by atoms with Gasteiger partial charge < -0.3 is 0 Å². The molecule has 2 aromatic rings. The van der Waals surface area contributed by atoms with E-state index in [2.05, 4.69) is 12.1 Å². The topological polar surface area (TPSA) is 11.3 Å². The molecule has 1 heterocycles. The molecule has 0 saturated heterocycles. The highest BCUT2D eigenvalue weighted by Crippen LogP contribution is 2.19. The average Bonchev–Trinajstić information content (AvgIpc) is 2.26. The summed E-state index contributed by atoms with van der Waals surface area (Å²) in [6.07, 6.45) is 3.61. The Bertz CT molecular complexity index is 420. The Kier molecular flexibility index (Phi) is 3.00. The van der Waals surface area contributed by atoms with Crippen LogP contribution in [-0.4, -0.2) is 5.88 Å². The quantitative estimate of drug-likeness (QED) is 0.549. The fourth-order valence-corrected chi connectivity index (χ4v) is 1.70. The molecule has 0 aliphatic heterocycles. The van der Waals surface area contributed by atoms with Crippen LogP contribution in [0, 0.1) is 0 Å². The molecule has 0 aliphatic rings. The van der Waals surface area contributed by atoms with Gasteiger partial charge in [-0.05, 0) is 17.9 Å². The van der Waals surface area contributed by atoms with Gasteiger partial charge in [-0.1, -0.05) is 18.2 Å². The molecule has 0 unspecified atom stereocenters. The van der Waals surface area contributed by atoms with Crippen LogP contribution in [0.1, 0.15) is 12.2 Å². The third-order valence-electron chi connectivity index (χ3n) is 2.26. The standard InChI is InChI=1S/C12H12ClO/c13-8-3-6-12-11-5-2-1-4-10(11)7-9-14-12/h1-2,4-5,7,9H,3,6,8H2/q+1. The maximum atomic E-state index is 5.66. The van der Waals surface area contributed by atoms with Crippen molar-refractivity contribution < 1.29 is 4.42 Å². The maximum Gasteiger partial charge on any atom is 0.336 e. The van der Waals surface area contributed by atoms with E-state index in [9.17, 15) is 0 Å². The highest BCUT2D eigenvalue weighted by atomic mass is 35.5. The normalized spacial score (nSPS) is 10.6. The lowest BCUT2D eigenvalue weighted by molar-refractivity contribution is 0.498. The number of aryl methyl sites for hydroxylation is 1. The minimum Gasteiger partial charge on any atom is -0.220 e. The number of hydrogen-bond acceptors (Lipinski definition) is 0. The molecule has 0 bridgehead atoms. The van der Waals surface area contributed by atoms with Gasteiger partial charge in [-0.3, -0.25) is 0 Å². The fourth-order valence-electron chi connectivity index (χ4n) is 1.57. The van der Waals surface area contributed by atoms with Crippen LogP contribution in [0.25, 0.3) is 10.8 Å². The van der Waals surface area contributed by atoms with E-state index in [0.29, 0.717) is 5.88 Å². The van der Waals surface area contributed by atoms with E-state index in [1.165, 1.54) is 10.8 Å². The summed E-state index contributed by atoms with van der Waals surface area (Å²) in [5.74, 6) is 1.71. The molecule has 0 aliphatic carbocycles. The summed E-state index contributed by atoms with van der Waals surface area (Å²) in [6.45, 7) is 0. The lowest BCUT2D eigenvalue weighted by atomic mass is 10.1. The largest absolute Gasteiger partial charge is 0.336 e. The number of alkyl halides is 1.